The fourth-order valence-electron chi connectivity index (χ4n) is 2.13. The van der Waals surface area contributed by atoms with Crippen LogP contribution in [0.3, 0.4) is 0 Å². The van der Waals surface area contributed by atoms with Crippen LogP contribution in [0.5, 0.6) is 11.5 Å². The van der Waals surface area contributed by atoms with Crippen molar-refractivity contribution in [1.29, 1.82) is 0 Å². The zero-order valence-electron chi connectivity index (χ0n) is 14.6. The van der Waals surface area contributed by atoms with E-state index in [1.165, 1.54) is 0 Å². The zero-order valence-corrected chi connectivity index (χ0v) is 15.3. The molecular weight excluding hydrogens is 358 g/mol. The molecule has 0 aromatic heterocycles. The van der Waals surface area contributed by atoms with Crippen molar-refractivity contribution in [1.82, 2.24) is 5.32 Å². The first kappa shape index (κ1) is 19.6. The normalized spacial score (nSPS) is 10.1. The molecule has 0 aliphatic carbocycles. The van der Waals surface area contributed by atoms with Crippen molar-refractivity contribution in [3.8, 4) is 11.5 Å². The zero-order chi connectivity index (χ0) is 18.9. The van der Waals surface area contributed by atoms with Gasteiger partial charge in [0.05, 0.1) is 7.11 Å². The van der Waals surface area contributed by atoms with Crippen LogP contribution in [-0.2, 0) is 20.9 Å². The van der Waals surface area contributed by atoms with Crippen molar-refractivity contribution < 1.29 is 23.8 Å². The van der Waals surface area contributed by atoms with Crippen molar-refractivity contribution in [2.45, 2.75) is 13.5 Å². The van der Waals surface area contributed by atoms with Crippen LogP contribution < -0.4 is 14.8 Å². The van der Waals surface area contributed by atoms with Gasteiger partial charge in [-0.05, 0) is 48.4 Å². The molecule has 0 heterocycles. The van der Waals surface area contributed by atoms with Crippen molar-refractivity contribution in [2.24, 2.45) is 0 Å². The molecule has 0 spiro atoms. The maximum Gasteiger partial charge on any atom is 0.344 e. The van der Waals surface area contributed by atoms with E-state index in [4.69, 9.17) is 25.8 Å². The number of hydrogen-bond donors (Lipinski definition) is 1. The summed E-state index contributed by atoms with van der Waals surface area (Å²) < 4.78 is 15.4. The van der Waals surface area contributed by atoms with Gasteiger partial charge in [0, 0.05) is 11.6 Å². The first-order valence-electron chi connectivity index (χ1n) is 7.92. The number of carbonyl (C=O) groups excluding carboxylic acids is 2. The van der Waals surface area contributed by atoms with Gasteiger partial charge in [-0.1, -0.05) is 23.7 Å². The second-order valence-corrected chi connectivity index (χ2v) is 5.92. The summed E-state index contributed by atoms with van der Waals surface area (Å²) in [5, 5.41) is 3.26. The molecule has 0 atom stereocenters. The Hall–Kier alpha value is -2.73. The number of methoxy groups -OCH3 is 1. The number of ether oxygens (including phenoxy) is 3. The SMILES string of the molecule is COc1cccc(CNC(=O)COC(=O)COc2ccc(Cl)cc2C)c1. The number of aryl methyl sites for hydroxylation is 1. The third-order valence-corrected chi connectivity index (χ3v) is 3.71. The quantitative estimate of drug-likeness (QED) is 0.716. The van der Waals surface area contributed by atoms with E-state index in [1.807, 2.05) is 31.2 Å². The fraction of sp³-hybridized carbons (Fsp3) is 0.263. The van der Waals surface area contributed by atoms with E-state index in [9.17, 15) is 9.59 Å². The minimum atomic E-state index is -0.629. The highest BCUT2D eigenvalue weighted by Gasteiger charge is 2.10. The third-order valence-electron chi connectivity index (χ3n) is 3.47. The van der Waals surface area contributed by atoms with E-state index >= 15 is 0 Å². The van der Waals surface area contributed by atoms with Crippen LogP contribution in [0.2, 0.25) is 5.02 Å². The van der Waals surface area contributed by atoms with Gasteiger partial charge < -0.3 is 19.5 Å². The van der Waals surface area contributed by atoms with Crippen molar-refractivity contribution in [3.63, 3.8) is 0 Å². The molecule has 0 saturated carbocycles. The maximum absolute atomic E-state index is 11.8. The number of carbonyl (C=O) groups is 2. The van der Waals surface area contributed by atoms with Gasteiger partial charge >= 0.3 is 5.97 Å². The van der Waals surface area contributed by atoms with Crippen molar-refractivity contribution in [2.75, 3.05) is 20.3 Å². The van der Waals surface area contributed by atoms with Crippen molar-refractivity contribution >= 4 is 23.5 Å². The molecule has 0 aliphatic rings. The first-order chi connectivity index (χ1) is 12.5. The lowest BCUT2D eigenvalue weighted by Gasteiger charge is -2.10. The van der Waals surface area contributed by atoms with Crippen LogP contribution in [0, 0.1) is 6.92 Å². The standard InChI is InChI=1S/C19H20ClNO5/c1-13-8-15(20)6-7-17(13)25-12-19(23)26-11-18(22)21-10-14-4-3-5-16(9-14)24-2/h3-9H,10-12H2,1-2H3,(H,21,22). The highest BCUT2D eigenvalue weighted by molar-refractivity contribution is 6.30. The Labute approximate surface area is 157 Å². The van der Waals surface area contributed by atoms with Gasteiger partial charge in [-0.3, -0.25) is 4.79 Å². The number of nitrogens with one attached hydrogen (secondary N) is 1. The molecule has 26 heavy (non-hydrogen) atoms. The predicted octanol–water partition coefficient (Wildman–Crippen LogP) is 2.90. The maximum atomic E-state index is 11.8. The molecule has 6 nitrogen and oxygen atoms in total. The minimum Gasteiger partial charge on any atom is -0.497 e. The average Bonchev–Trinajstić information content (AvgIpc) is 2.64. The van der Waals surface area contributed by atoms with Gasteiger partial charge in [-0.2, -0.15) is 0 Å². The number of rotatable bonds is 8. The van der Waals surface area contributed by atoms with E-state index in [1.54, 1.807) is 25.3 Å². The van der Waals surface area contributed by atoms with Gasteiger partial charge in [0.1, 0.15) is 11.5 Å². The third kappa shape index (κ3) is 6.29. The predicted molar refractivity (Wildman–Crippen MR) is 97.5 cm³/mol. The highest BCUT2D eigenvalue weighted by atomic mass is 35.5. The Bertz CT molecular complexity index is 778. The average molecular weight is 378 g/mol. The summed E-state index contributed by atoms with van der Waals surface area (Å²) in [7, 11) is 1.57. The monoisotopic (exact) mass is 377 g/mol. The number of benzene rings is 2. The summed E-state index contributed by atoms with van der Waals surface area (Å²) >= 11 is 5.86. The lowest BCUT2D eigenvalue weighted by atomic mass is 10.2. The van der Waals surface area contributed by atoms with Crippen molar-refractivity contribution in [3.05, 3.63) is 58.6 Å². The summed E-state index contributed by atoms with van der Waals surface area (Å²) in [4.78, 5) is 23.5. The lowest BCUT2D eigenvalue weighted by Crippen LogP contribution is -2.29. The van der Waals surface area contributed by atoms with Gasteiger partial charge in [0.2, 0.25) is 0 Å². The molecule has 2 aromatic carbocycles. The van der Waals surface area contributed by atoms with E-state index in [-0.39, 0.29) is 13.2 Å². The Balaban J connectivity index is 1.70. The van der Waals surface area contributed by atoms with Gasteiger partial charge in [0.15, 0.2) is 13.2 Å². The molecular formula is C19H20ClNO5. The number of amides is 1. The smallest absolute Gasteiger partial charge is 0.344 e. The van der Waals surface area contributed by atoms with Crippen LogP contribution >= 0.6 is 11.6 Å². The van der Waals surface area contributed by atoms with E-state index in [0.29, 0.717) is 23.1 Å². The highest BCUT2D eigenvalue weighted by Crippen LogP contribution is 2.21. The van der Waals surface area contributed by atoms with Crippen LogP contribution in [0.1, 0.15) is 11.1 Å². The number of esters is 1. The Kier molecular flexibility index (Phi) is 7.29. The molecule has 1 amide bonds. The fourth-order valence-corrected chi connectivity index (χ4v) is 2.36. The molecule has 0 radical (unpaired) electrons. The second kappa shape index (κ2) is 9.68. The van der Waals surface area contributed by atoms with E-state index in [0.717, 1.165) is 11.1 Å². The molecule has 0 unspecified atom stereocenters. The summed E-state index contributed by atoms with van der Waals surface area (Å²) in [6.07, 6.45) is 0. The molecule has 0 saturated heterocycles. The van der Waals surface area contributed by atoms with Crippen LogP contribution in [0.25, 0.3) is 0 Å². The Morgan fingerprint density at radius 3 is 2.65 bits per heavy atom. The summed E-state index contributed by atoms with van der Waals surface area (Å²) in [6, 6.07) is 12.4. The second-order valence-electron chi connectivity index (χ2n) is 5.49. The van der Waals surface area contributed by atoms with E-state index in [2.05, 4.69) is 5.32 Å². The Morgan fingerprint density at radius 2 is 1.92 bits per heavy atom. The summed E-state index contributed by atoms with van der Waals surface area (Å²) in [6.45, 7) is 1.48. The first-order valence-corrected chi connectivity index (χ1v) is 8.30. The summed E-state index contributed by atoms with van der Waals surface area (Å²) in [5.41, 5.74) is 1.69. The molecule has 0 aliphatic heterocycles. The minimum absolute atomic E-state index is 0.286. The van der Waals surface area contributed by atoms with Gasteiger partial charge in [-0.15, -0.1) is 0 Å². The number of halogens is 1. The van der Waals surface area contributed by atoms with Gasteiger partial charge in [-0.25, -0.2) is 4.79 Å². The topological polar surface area (TPSA) is 73.9 Å². The molecule has 2 aromatic rings. The van der Waals surface area contributed by atoms with Crippen LogP contribution in [-0.4, -0.2) is 32.2 Å². The van der Waals surface area contributed by atoms with Crippen LogP contribution in [0.4, 0.5) is 0 Å². The van der Waals surface area contributed by atoms with Gasteiger partial charge in [0.25, 0.3) is 5.91 Å². The summed E-state index contributed by atoms with van der Waals surface area (Å²) in [5.74, 6) is 0.214. The molecule has 7 heteroatoms. The van der Waals surface area contributed by atoms with Crippen LogP contribution in [0.15, 0.2) is 42.5 Å². The lowest BCUT2D eigenvalue weighted by molar-refractivity contribution is -0.150. The molecule has 138 valence electrons. The molecule has 0 bridgehead atoms. The molecule has 0 fully saturated rings. The molecule has 1 N–H and O–H groups in total. The molecule has 2 rings (SSSR count). The number of hydrogen-bond acceptors (Lipinski definition) is 5. The Morgan fingerprint density at radius 1 is 1.12 bits per heavy atom. The largest absolute Gasteiger partial charge is 0.497 e. The van der Waals surface area contributed by atoms with E-state index < -0.39 is 11.9 Å².